The Kier molecular flexibility index (Phi) is 4.05. The van der Waals surface area contributed by atoms with Crippen LogP contribution in [0.3, 0.4) is 0 Å². The van der Waals surface area contributed by atoms with Gasteiger partial charge < -0.3 is 5.73 Å². The number of nitrogens with zero attached hydrogens (tertiary/aromatic N) is 1. The van der Waals surface area contributed by atoms with Crippen molar-refractivity contribution < 1.29 is 4.92 Å². The minimum Gasteiger partial charge on any atom is -0.327 e. The highest BCUT2D eigenvalue weighted by molar-refractivity contribution is 6.30. The van der Waals surface area contributed by atoms with E-state index in [0.717, 1.165) is 6.42 Å². The van der Waals surface area contributed by atoms with E-state index in [9.17, 15) is 10.1 Å². The van der Waals surface area contributed by atoms with Crippen LogP contribution in [0, 0.1) is 10.1 Å². The molecule has 0 saturated carbocycles. The van der Waals surface area contributed by atoms with Crippen LogP contribution in [0.5, 0.6) is 0 Å². The first-order valence-electron chi connectivity index (χ1n) is 4.73. The van der Waals surface area contributed by atoms with E-state index in [2.05, 4.69) is 0 Å². The molecule has 0 aromatic heterocycles. The van der Waals surface area contributed by atoms with Gasteiger partial charge in [0, 0.05) is 22.7 Å². The third-order valence-electron chi connectivity index (χ3n) is 2.24. The maximum atomic E-state index is 10.7. The van der Waals surface area contributed by atoms with Crippen LogP contribution < -0.4 is 5.73 Å². The predicted molar refractivity (Wildman–Crippen MR) is 60.1 cm³/mol. The minimum atomic E-state index is -0.409. The molecule has 0 aliphatic rings. The van der Waals surface area contributed by atoms with E-state index >= 15 is 0 Å². The second kappa shape index (κ2) is 5.09. The van der Waals surface area contributed by atoms with E-state index < -0.39 is 4.92 Å². The smallest absolute Gasteiger partial charge is 0.272 e. The normalized spacial score (nSPS) is 12.5. The standard InChI is InChI=1S/C10H13ClN2O2/c1-2-9(12)6-7-5-8(11)3-4-10(7)13(14)15/h3-5,9H,2,6,12H2,1H3. The van der Waals surface area contributed by atoms with E-state index in [1.807, 2.05) is 6.92 Å². The van der Waals surface area contributed by atoms with Crippen LogP contribution in [0.15, 0.2) is 18.2 Å². The topological polar surface area (TPSA) is 69.2 Å². The average Bonchev–Trinajstić information content (AvgIpc) is 2.17. The van der Waals surface area contributed by atoms with Crippen LogP contribution in [0.25, 0.3) is 0 Å². The zero-order valence-corrected chi connectivity index (χ0v) is 9.20. The summed E-state index contributed by atoms with van der Waals surface area (Å²) in [6.07, 6.45) is 1.26. The van der Waals surface area contributed by atoms with Gasteiger partial charge in [-0.15, -0.1) is 0 Å². The quantitative estimate of drug-likeness (QED) is 0.636. The number of hydrogen-bond acceptors (Lipinski definition) is 3. The number of nitro groups is 1. The molecule has 1 aromatic carbocycles. The molecule has 1 atom stereocenters. The fourth-order valence-electron chi connectivity index (χ4n) is 1.32. The van der Waals surface area contributed by atoms with Crippen molar-refractivity contribution in [1.29, 1.82) is 0 Å². The van der Waals surface area contributed by atoms with Gasteiger partial charge in [0.2, 0.25) is 0 Å². The molecule has 0 heterocycles. The van der Waals surface area contributed by atoms with Crippen LogP contribution in [0.1, 0.15) is 18.9 Å². The zero-order chi connectivity index (χ0) is 11.4. The lowest BCUT2D eigenvalue weighted by atomic mass is 10.0. The van der Waals surface area contributed by atoms with Crippen LogP contribution >= 0.6 is 11.6 Å². The van der Waals surface area contributed by atoms with Crippen molar-refractivity contribution in [2.75, 3.05) is 0 Å². The molecule has 1 rings (SSSR count). The molecule has 0 aliphatic carbocycles. The number of hydrogen-bond donors (Lipinski definition) is 1. The Morgan fingerprint density at radius 1 is 1.60 bits per heavy atom. The highest BCUT2D eigenvalue weighted by Gasteiger charge is 2.15. The average molecular weight is 229 g/mol. The molecule has 0 bridgehead atoms. The van der Waals surface area contributed by atoms with E-state index in [1.54, 1.807) is 6.07 Å². The van der Waals surface area contributed by atoms with Gasteiger partial charge in [0.05, 0.1) is 4.92 Å². The molecule has 0 saturated heterocycles. The van der Waals surface area contributed by atoms with Crippen molar-refractivity contribution in [1.82, 2.24) is 0 Å². The summed E-state index contributed by atoms with van der Waals surface area (Å²) in [5.41, 5.74) is 6.44. The van der Waals surface area contributed by atoms with E-state index in [1.165, 1.54) is 12.1 Å². The number of halogens is 1. The van der Waals surface area contributed by atoms with Crippen LogP contribution in [0.4, 0.5) is 5.69 Å². The summed E-state index contributed by atoms with van der Waals surface area (Å²) >= 11 is 5.78. The van der Waals surface area contributed by atoms with Gasteiger partial charge in [-0.1, -0.05) is 18.5 Å². The number of nitrogens with two attached hydrogens (primary N) is 1. The lowest BCUT2D eigenvalue weighted by molar-refractivity contribution is -0.385. The highest BCUT2D eigenvalue weighted by atomic mass is 35.5. The number of nitro benzene ring substituents is 1. The van der Waals surface area contributed by atoms with Crippen molar-refractivity contribution in [2.45, 2.75) is 25.8 Å². The fourth-order valence-corrected chi connectivity index (χ4v) is 1.52. The molecule has 1 aromatic rings. The van der Waals surface area contributed by atoms with Gasteiger partial charge in [-0.2, -0.15) is 0 Å². The molecule has 1 unspecified atom stereocenters. The van der Waals surface area contributed by atoms with Gasteiger partial charge in [0.25, 0.3) is 5.69 Å². The summed E-state index contributed by atoms with van der Waals surface area (Å²) in [6.45, 7) is 1.95. The van der Waals surface area contributed by atoms with Crippen LogP contribution in [-0.2, 0) is 6.42 Å². The maximum absolute atomic E-state index is 10.7. The Labute approximate surface area is 93.2 Å². The number of rotatable bonds is 4. The summed E-state index contributed by atoms with van der Waals surface area (Å²) in [4.78, 5) is 10.3. The van der Waals surface area contributed by atoms with E-state index in [-0.39, 0.29) is 11.7 Å². The Hall–Kier alpha value is -1.13. The predicted octanol–water partition coefficient (Wildman–Crippen LogP) is 2.53. The second-order valence-corrected chi connectivity index (χ2v) is 3.84. The third kappa shape index (κ3) is 3.18. The second-order valence-electron chi connectivity index (χ2n) is 3.40. The number of benzene rings is 1. The Morgan fingerprint density at radius 3 is 2.80 bits per heavy atom. The molecular weight excluding hydrogens is 216 g/mol. The Morgan fingerprint density at radius 2 is 2.27 bits per heavy atom. The lowest BCUT2D eigenvalue weighted by Crippen LogP contribution is -2.21. The van der Waals surface area contributed by atoms with Gasteiger partial charge in [0.15, 0.2) is 0 Å². The molecule has 5 heteroatoms. The first-order chi connectivity index (χ1) is 7.04. The van der Waals surface area contributed by atoms with Gasteiger partial charge in [-0.3, -0.25) is 10.1 Å². The van der Waals surface area contributed by atoms with Crippen molar-refractivity contribution in [3.05, 3.63) is 38.9 Å². The molecule has 0 amide bonds. The van der Waals surface area contributed by atoms with Crippen molar-refractivity contribution in [3.8, 4) is 0 Å². The van der Waals surface area contributed by atoms with E-state index in [0.29, 0.717) is 17.0 Å². The molecule has 0 aliphatic heterocycles. The summed E-state index contributed by atoms with van der Waals surface area (Å²) in [5, 5.41) is 11.2. The lowest BCUT2D eigenvalue weighted by Gasteiger charge is -2.09. The molecule has 2 N–H and O–H groups in total. The molecule has 0 fully saturated rings. The van der Waals surface area contributed by atoms with Crippen molar-refractivity contribution in [3.63, 3.8) is 0 Å². The highest BCUT2D eigenvalue weighted by Crippen LogP contribution is 2.23. The summed E-state index contributed by atoms with van der Waals surface area (Å²) in [6, 6.07) is 4.47. The van der Waals surface area contributed by atoms with E-state index in [4.69, 9.17) is 17.3 Å². The largest absolute Gasteiger partial charge is 0.327 e. The SMILES string of the molecule is CCC(N)Cc1cc(Cl)ccc1[N+](=O)[O-]. The van der Waals surface area contributed by atoms with Crippen molar-refractivity contribution in [2.24, 2.45) is 5.73 Å². The molecule has 0 radical (unpaired) electrons. The molecule has 0 spiro atoms. The zero-order valence-electron chi connectivity index (χ0n) is 8.44. The van der Waals surface area contributed by atoms with Crippen LogP contribution in [0.2, 0.25) is 5.02 Å². The first kappa shape index (κ1) is 11.9. The van der Waals surface area contributed by atoms with Gasteiger partial charge in [-0.05, 0) is 25.0 Å². The molecular formula is C10H13ClN2O2. The van der Waals surface area contributed by atoms with Crippen molar-refractivity contribution >= 4 is 17.3 Å². The Bertz CT molecular complexity index is 368. The molecule has 82 valence electrons. The molecule has 4 nitrogen and oxygen atoms in total. The summed E-state index contributed by atoms with van der Waals surface area (Å²) < 4.78 is 0. The monoisotopic (exact) mass is 228 g/mol. The molecule has 15 heavy (non-hydrogen) atoms. The Balaban J connectivity index is 3.02. The maximum Gasteiger partial charge on any atom is 0.272 e. The van der Waals surface area contributed by atoms with Gasteiger partial charge >= 0.3 is 0 Å². The first-order valence-corrected chi connectivity index (χ1v) is 5.10. The van der Waals surface area contributed by atoms with Crippen LogP contribution in [-0.4, -0.2) is 11.0 Å². The summed E-state index contributed by atoms with van der Waals surface area (Å²) in [7, 11) is 0. The fraction of sp³-hybridized carbons (Fsp3) is 0.400. The van der Waals surface area contributed by atoms with Gasteiger partial charge in [-0.25, -0.2) is 0 Å². The van der Waals surface area contributed by atoms with Gasteiger partial charge in [0.1, 0.15) is 0 Å². The third-order valence-corrected chi connectivity index (χ3v) is 2.48. The minimum absolute atomic E-state index is 0.0674. The summed E-state index contributed by atoms with van der Waals surface area (Å²) in [5.74, 6) is 0.